The van der Waals surface area contributed by atoms with Crippen LogP contribution in [0.2, 0.25) is 0 Å². The van der Waals surface area contributed by atoms with Crippen LogP contribution >= 0.6 is 0 Å². The van der Waals surface area contributed by atoms with Gasteiger partial charge in [0.1, 0.15) is 6.04 Å². The molecule has 3 N–H and O–H groups in total. The van der Waals surface area contributed by atoms with Gasteiger partial charge >= 0.3 is 0 Å². The summed E-state index contributed by atoms with van der Waals surface area (Å²) >= 11 is 0. The summed E-state index contributed by atoms with van der Waals surface area (Å²) in [7, 11) is 0. The summed E-state index contributed by atoms with van der Waals surface area (Å²) in [6.45, 7) is 4.10. The molecule has 0 saturated carbocycles. The molecule has 7 nitrogen and oxygen atoms in total. The third-order valence-corrected chi connectivity index (χ3v) is 3.43. The van der Waals surface area contributed by atoms with Gasteiger partial charge in [-0.05, 0) is 11.5 Å². The van der Waals surface area contributed by atoms with E-state index in [0.29, 0.717) is 6.54 Å². The molecule has 0 aliphatic heterocycles. The molecule has 7 heteroatoms. The van der Waals surface area contributed by atoms with Crippen LogP contribution in [0.25, 0.3) is 6.08 Å². The Balaban J connectivity index is 1.96. The van der Waals surface area contributed by atoms with Gasteiger partial charge < -0.3 is 11.1 Å². The molecule has 2 amide bonds. The van der Waals surface area contributed by atoms with Crippen LogP contribution in [0.1, 0.15) is 29.9 Å². The maximum absolute atomic E-state index is 12.1. The van der Waals surface area contributed by atoms with E-state index in [1.807, 2.05) is 42.5 Å². The Bertz CT molecular complexity index is 722. The normalized spacial score (nSPS) is 12.5. The number of aromatic nitrogens is 3. The van der Waals surface area contributed by atoms with E-state index in [2.05, 4.69) is 15.6 Å². The van der Waals surface area contributed by atoms with Crippen molar-refractivity contribution < 1.29 is 9.59 Å². The summed E-state index contributed by atoms with van der Waals surface area (Å²) < 4.78 is 1.54. The number of rotatable bonds is 7. The number of benzene rings is 1. The molecule has 0 unspecified atom stereocenters. The zero-order valence-corrected chi connectivity index (χ0v) is 13.7. The Kier molecular flexibility index (Phi) is 5.83. The predicted octanol–water partition coefficient (Wildman–Crippen LogP) is 1.23. The van der Waals surface area contributed by atoms with Crippen LogP contribution in [0.15, 0.2) is 42.6 Å². The number of nitrogens with one attached hydrogen (secondary N) is 1. The number of primary amides is 1. The van der Waals surface area contributed by atoms with E-state index in [4.69, 9.17) is 5.73 Å². The monoisotopic (exact) mass is 327 g/mol. The summed E-state index contributed by atoms with van der Waals surface area (Å²) in [5.41, 5.74) is 6.51. The molecule has 2 rings (SSSR count). The number of amides is 2. The van der Waals surface area contributed by atoms with Gasteiger partial charge in [0, 0.05) is 0 Å². The molecule has 1 aromatic carbocycles. The lowest BCUT2D eigenvalue weighted by molar-refractivity contribution is -0.120. The molecule has 0 fully saturated rings. The zero-order chi connectivity index (χ0) is 17.5. The number of carbonyl (C=O) groups excluding carboxylic acids is 2. The lowest BCUT2D eigenvalue weighted by atomic mass is 10.0. The minimum atomic E-state index is -0.736. The van der Waals surface area contributed by atoms with E-state index < -0.39 is 17.9 Å². The minimum absolute atomic E-state index is 0.102. The molecule has 1 heterocycles. The number of nitrogens with zero attached hydrogens (tertiary/aromatic N) is 3. The van der Waals surface area contributed by atoms with Crippen LogP contribution in [0.4, 0.5) is 0 Å². The van der Waals surface area contributed by atoms with E-state index in [1.54, 1.807) is 18.5 Å². The summed E-state index contributed by atoms with van der Waals surface area (Å²) in [4.78, 5) is 23.5. The van der Waals surface area contributed by atoms with E-state index >= 15 is 0 Å². The highest BCUT2D eigenvalue weighted by Crippen LogP contribution is 2.04. The Morgan fingerprint density at radius 3 is 2.62 bits per heavy atom. The second-order valence-corrected chi connectivity index (χ2v) is 5.74. The van der Waals surface area contributed by atoms with E-state index in [9.17, 15) is 9.59 Å². The summed E-state index contributed by atoms with van der Waals surface area (Å²) in [6, 6.07) is 9.12. The highest BCUT2D eigenvalue weighted by atomic mass is 16.2. The summed E-state index contributed by atoms with van der Waals surface area (Å²) in [5, 5.41) is 10.3. The van der Waals surface area contributed by atoms with Gasteiger partial charge in [0.25, 0.3) is 5.91 Å². The van der Waals surface area contributed by atoms with Gasteiger partial charge in [-0.25, -0.2) is 4.68 Å². The molecule has 0 aliphatic carbocycles. The first-order valence-electron chi connectivity index (χ1n) is 7.69. The predicted molar refractivity (Wildman–Crippen MR) is 90.8 cm³/mol. The van der Waals surface area contributed by atoms with Gasteiger partial charge in [-0.3, -0.25) is 9.59 Å². The van der Waals surface area contributed by atoms with E-state index in [0.717, 1.165) is 5.56 Å². The standard InChI is InChI=1S/C17H21N5O2/c1-12(2)15(16(18)23)19-17(24)14-11-22(21-20-14)10-6-9-13-7-4-3-5-8-13/h3-9,11-12,15H,10H2,1-2H3,(H2,18,23)(H,19,24)/b9-6+/t15-/m0/s1. The van der Waals surface area contributed by atoms with Gasteiger partial charge in [-0.15, -0.1) is 5.10 Å². The molecule has 0 saturated heterocycles. The second-order valence-electron chi connectivity index (χ2n) is 5.74. The van der Waals surface area contributed by atoms with Crippen LogP contribution in [0.5, 0.6) is 0 Å². The number of carbonyl (C=O) groups is 2. The molecule has 1 aromatic heterocycles. The van der Waals surface area contributed by atoms with Crippen molar-refractivity contribution >= 4 is 17.9 Å². The Morgan fingerprint density at radius 1 is 1.29 bits per heavy atom. The van der Waals surface area contributed by atoms with Crippen molar-refractivity contribution in [1.82, 2.24) is 20.3 Å². The van der Waals surface area contributed by atoms with Crippen molar-refractivity contribution in [2.75, 3.05) is 0 Å². The third-order valence-electron chi connectivity index (χ3n) is 3.43. The first kappa shape index (κ1) is 17.4. The molecule has 0 spiro atoms. The van der Waals surface area contributed by atoms with Crippen LogP contribution in [-0.2, 0) is 11.3 Å². The molecule has 0 bridgehead atoms. The topological polar surface area (TPSA) is 103 Å². The van der Waals surface area contributed by atoms with Gasteiger partial charge in [0.2, 0.25) is 5.91 Å². The van der Waals surface area contributed by atoms with E-state index in [1.165, 1.54) is 6.20 Å². The number of nitrogens with two attached hydrogens (primary N) is 1. The fourth-order valence-electron chi connectivity index (χ4n) is 2.13. The van der Waals surface area contributed by atoms with Gasteiger partial charge in [0.05, 0.1) is 12.7 Å². The van der Waals surface area contributed by atoms with Gasteiger partial charge in [0.15, 0.2) is 5.69 Å². The van der Waals surface area contributed by atoms with E-state index in [-0.39, 0.29) is 11.6 Å². The molecular weight excluding hydrogens is 306 g/mol. The highest BCUT2D eigenvalue weighted by molar-refractivity contribution is 5.95. The van der Waals surface area contributed by atoms with Crippen LogP contribution < -0.4 is 11.1 Å². The quantitative estimate of drug-likeness (QED) is 0.798. The molecule has 0 aliphatic rings. The first-order chi connectivity index (χ1) is 11.5. The third kappa shape index (κ3) is 4.77. The highest BCUT2D eigenvalue weighted by Gasteiger charge is 2.23. The Labute approximate surface area is 140 Å². The molecular formula is C17H21N5O2. The first-order valence-corrected chi connectivity index (χ1v) is 7.69. The van der Waals surface area contributed by atoms with Crippen molar-refractivity contribution in [3.05, 3.63) is 53.9 Å². The number of hydrogen-bond donors (Lipinski definition) is 2. The summed E-state index contributed by atoms with van der Waals surface area (Å²) in [5.74, 6) is -1.14. The largest absolute Gasteiger partial charge is 0.368 e. The lowest BCUT2D eigenvalue weighted by Gasteiger charge is -2.17. The SMILES string of the molecule is CC(C)[C@H](NC(=O)c1cn(C/C=C/c2ccccc2)nn1)C(N)=O. The summed E-state index contributed by atoms with van der Waals surface area (Å²) in [6.07, 6.45) is 5.42. The van der Waals surface area contributed by atoms with Gasteiger partial charge in [-0.1, -0.05) is 61.5 Å². The average Bonchev–Trinajstić information content (AvgIpc) is 3.02. The Morgan fingerprint density at radius 2 is 2.00 bits per heavy atom. The zero-order valence-electron chi connectivity index (χ0n) is 13.7. The molecule has 24 heavy (non-hydrogen) atoms. The molecule has 126 valence electrons. The van der Waals surface area contributed by atoms with Crippen molar-refractivity contribution in [3.8, 4) is 0 Å². The van der Waals surface area contributed by atoms with Crippen LogP contribution in [-0.4, -0.2) is 32.9 Å². The van der Waals surface area contributed by atoms with Crippen LogP contribution in [0, 0.1) is 5.92 Å². The molecule has 2 aromatic rings. The van der Waals surface area contributed by atoms with Crippen molar-refractivity contribution in [3.63, 3.8) is 0 Å². The number of allylic oxidation sites excluding steroid dienone is 1. The second kappa shape index (κ2) is 8.05. The fraction of sp³-hybridized carbons (Fsp3) is 0.294. The maximum Gasteiger partial charge on any atom is 0.274 e. The lowest BCUT2D eigenvalue weighted by Crippen LogP contribution is -2.47. The molecule has 1 atom stereocenters. The average molecular weight is 327 g/mol. The van der Waals surface area contributed by atoms with Gasteiger partial charge in [-0.2, -0.15) is 0 Å². The fourth-order valence-corrected chi connectivity index (χ4v) is 2.13. The Hall–Kier alpha value is -2.96. The molecule has 0 radical (unpaired) electrons. The van der Waals surface area contributed by atoms with Crippen molar-refractivity contribution in [1.29, 1.82) is 0 Å². The van der Waals surface area contributed by atoms with Crippen LogP contribution in [0.3, 0.4) is 0 Å². The number of hydrogen-bond acceptors (Lipinski definition) is 4. The van der Waals surface area contributed by atoms with Crippen molar-refractivity contribution in [2.24, 2.45) is 11.7 Å². The maximum atomic E-state index is 12.1. The smallest absolute Gasteiger partial charge is 0.274 e. The minimum Gasteiger partial charge on any atom is -0.368 e. The van der Waals surface area contributed by atoms with Crippen molar-refractivity contribution in [2.45, 2.75) is 26.4 Å².